The molecule has 1 aromatic heterocycles. The summed E-state index contributed by atoms with van der Waals surface area (Å²) in [5.74, 6) is 0. The number of imidazole rings is 1. The average Bonchev–Trinajstić information content (AvgIpc) is 2.83. The number of nitrogens with zero attached hydrogens (tertiary/aromatic N) is 2. The van der Waals surface area contributed by atoms with Crippen molar-refractivity contribution in [2.24, 2.45) is 12.8 Å². The number of benzene rings is 1. The first-order valence-corrected chi connectivity index (χ1v) is 4.90. The van der Waals surface area contributed by atoms with E-state index >= 15 is 0 Å². The molecule has 0 bridgehead atoms. The molecule has 0 radical (unpaired) electrons. The Morgan fingerprint density at radius 3 is 2.93 bits per heavy atom. The van der Waals surface area contributed by atoms with E-state index in [4.69, 9.17) is 5.73 Å². The molecule has 3 heteroatoms. The zero-order chi connectivity index (χ0) is 9.76. The summed E-state index contributed by atoms with van der Waals surface area (Å²) in [5, 5.41) is 0. The van der Waals surface area contributed by atoms with E-state index < -0.39 is 0 Å². The lowest BCUT2D eigenvalue weighted by Gasteiger charge is -2.11. The third kappa shape index (κ3) is 0.930. The molecule has 0 aliphatic heterocycles. The van der Waals surface area contributed by atoms with E-state index in [9.17, 15) is 0 Å². The summed E-state index contributed by atoms with van der Waals surface area (Å²) >= 11 is 0. The molecule has 1 saturated carbocycles. The van der Waals surface area contributed by atoms with Crippen molar-refractivity contribution in [3.8, 4) is 0 Å². The predicted octanol–water partition coefficient (Wildman–Crippen LogP) is 1.52. The van der Waals surface area contributed by atoms with Gasteiger partial charge < -0.3 is 10.3 Å². The van der Waals surface area contributed by atoms with Crippen LogP contribution in [0.1, 0.15) is 18.4 Å². The summed E-state index contributed by atoms with van der Waals surface area (Å²) < 4.78 is 2.05. The molecule has 0 amide bonds. The van der Waals surface area contributed by atoms with Crippen molar-refractivity contribution in [3.05, 3.63) is 30.1 Å². The van der Waals surface area contributed by atoms with Gasteiger partial charge in [0.1, 0.15) is 0 Å². The average molecular weight is 187 g/mol. The van der Waals surface area contributed by atoms with Gasteiger partial charge in [-0.3, -0.25) is 0 Å². The number of hydrogen-bond donors (Lipinski definition) is 1. The molecule has 0 saturated heterocycles. The maximum atomic E-state index is 6.22. The second-order valence-electron chi connectivity index (χ2n) is 4.18. The number of fused-ring (bicyclic) bond motifs is 1. The fourth-order valence-corrected chi connectivity index (χ4v) is 2.02. The van der Waals surface area contributed by atoms with Crippen LogP contribution in [-0.4, -0.2) is 9.55 Å². The first-order chi connectivity index (χ1) is 6.71. The molecule has 1 heterocycles. The van der Waals surface area contributed by atoms with E-state index in [-0.39, 0.29) is 5.54 Å². The Hall–Kier alpha value is -1.35. The lowest BCUT2D eigenvalue weighted by Crippen LogP contribution is -2.19. The molecular weight excluding hydrogens is 174 g/mol. The molecule has 2 N–H and O–H groups in total. The van der Waals surface area contributed by atoms with Gasteiger partial charge in [-0.1, -0.05) is 12.1 Å². The van der Waals surface area contributed by atoms with Crippen LogP contribution >= 0.6 is 0 Å². The largest absolute Gasteiger partial charge is 0.333 e. The van der Waals surface area contributed by atoms with Gasteiger partial charge in [0.25, 0.3) is 0 Å². The topological polar surface area (TPSA) is 43.8 Å². The summed E-state index contributed by atoms with van der Waals surface area (Å²) in [6.07, 6.45) is 4.04. The molecule has 0 unspecified atom stereocenters. The van der Waals surface area contributed by atoms with Gasteiger partial charge >= 0.3 is 0 Å². The van der Waals surface area contributed by atoms with E-state index in [0.29, 0.717) is 0 Å². The molecule has 1 aromatic carbocycles. The minimum atomic E-state index is -0.0761. The Balaban J connectivity index is 2.37. The van der Waals surface area contributed by atoms with Crippen molar-refractivity contribution in [2.75, 3.05) is 0 Å². The van der Waals surface area contributed by atoms with Gasteiger partial charge in [-0.2, -0.15) is 0 Å². The quantitative estimate of drug-likeness (QED) is 0.735. The van der Waals surface area contributed by atoms with Crippen molar-refractivity contribution in [1.29, 1.82) is 0 Å². The number of nitrogens with two attached hydrogens (primary N) is 1. The van der Waals surface area contributed by atoms with Crippen LogP contribution in [0.3, 0.4) is 0 Å². The fourth-order valence-electron chi connectivity index (χ4n) is 2.02. The molecule has 1 aliphatic carbocycles. The Kier molecular flexibility index (Phi) is 1.35. The van der Waals surface area contributed by atoms with Crippen molar-refractivity contribution in [2.45, 2.75) is 18.4 Å². The van der Waals surface area contributed by atoms with Gasteiger partial charge in [0.05, 0.1) is 17.4 Å². The zero-order valence-electron chi connectivity index (χ0n) is 8.20. The van der Waals surface area contributed by atoms with E-state index in [1.807, 2.05) is 25.5 Å². The molecule has 1 aliphatic rings. The minimum absolute atomic E-state index is 0.0761. The third-order valence-corrected chi connectivity index (χ3v) is 3.06. The molecule has 0 spiro atoms. The molecular formula is C11H13N3. The normalized spacial score (nSPS) is 18.7. The standard InChI is InChI=1S/C11H13N3/c1-14-7-13-9-4-2-3-8(10(9)14)11(12)5-6-11/h2-4,7H,5-6,12H2,1H3. The number of hydrogen-bond acceptors (Lipinski definition) is 2. The summed E-state index contributed by atoms with van der Waals surface area (Å²) in [5.41, 5.74) is 9.62. The van der Waals surface area contributed by atoms with Crippen LogP contribution in [0, 0.1) is 0 Å². The second-order valence-corrected chi connectivity index (χ2v) is 4.18. The summed E-state index contributed by atoms with van der Waals surface area (Å²) in [6, 6.07) is 6.19. The Labute approximate surface area is 82.5 Å². The van der Waals surface area contributed by atoms with Crippen LogP contribution < -0.4 is 5.73 Å². The fraction of sp³-hybridized carbons (Fsp3) is 0.364. The van der Waals surface area contributed by atoms with Gasteiger partial charge in [-0.05, 0) is 24.5 Å². The molecule has 3 nitrogen and oxygen atoms in total. The summed E-state index contributed by atoms with van der Waals surface area (Å²) in [4.78, 5) is 4.33. The van der Waals surface area contributed by atoms with Gasteiger partial charge in [0.2, 0.25) is 0 Å². The highest BCUT2D eigenvalue weighted by Gasteiger charge is 2.41. The van der Waals surface area contributed by atoms with Crippen LogP contribution in [0.4, 0.5) is 0 Å². The number of rotatable bonds is 1. The highest BCUT2D eigenvalue weighted by atomic mass is 15.0. The number of para-hydroxylation sites is 1. The maximum Gasteiger partial charge on any atom is 0.0955 e. The minimum Gasteiger partial charge on any atom is -0.333 e. The van der Waals surface area contributed by atoms with Gasteiger partial charge in [0.15, 0.2) is 0 Å². The monoisotopic (exact) mass is 187 g/mol. The SMILES string of the molecule is Cn1cnc2cccc(C3(N)CC3)c21. The Morgan fingerprint density at radius 1 is 1.43 bits per heavy atom. The van der Waals surface area contributed by atoms with E-state index in [1.54, 1.807) is 0 Å². The van der Waals surface area contributed by atoms with Crippen molar-refractivity contribution < 1.29 is 0 Å². The smallest absolute Gasteiger partial charge is 0.0955 e. The zero-order valence-corrected chi connectivity index (χ0v) is 8.20. The molecule has 14 heavy (non-hydrogen) atoms. The van der Waals surface area contributed by atoms with Crippen molar-refractivity contribution in [3.63, 3.8) is 0 Å². The molecule has 1 fully saturated rings. The van der Waals surface area contributed by atoms with Crippen LogP contribution in [0.25, 0.3) is 11.0 Å². The molecule has 72 valence electrons. The highest BCUT2D eigenvalue weighted by molar-refractivity contribution is 5.80. The van der Waals surface area contributed by atoms with Gasteiger partial charge in [-0.25, -0.2) is 4.98 Å². The number of aryl methyl sites for hydroxylation is 1. The van der Waals surface area contributed by atoms with Crippen LogP contribution in [0.5, 0.6) is 0 Å². The van der Waals surface area contributed by atoms with E-state index in [1.165, 1.54) is 11.1 Å². The summed E-state index contributed by atoms with van der Waals surface area (Å²) in [7, 11) is 2.02. The molecule has 2 aromatic rings. The lowest BCUT2D eigenvalue weighted by atomic mass is 10.0. The Morgan fingerprint density at radius 2 is 2.21 bits per heavy atom. The first kappa shape index (κ1) is 8.00. The van der Waals surface area contributed by atoms with Crippen molar-refractivity contribution >= 4 is 11.0 Å². The highest BCUT2D eigenvalue weighted by Crippen LogP contribution is 2.44. The van der Waals surface area contributed by atoms with Crippen LogP contribution in [-0.2, 0) is 12.6 Å². The summed E-state index contributed by atoms with van der Waals surface area (Å²) in [6.45, 7) is 0. The van der Waals surface area contributed by atoms with Gasteiger partial charge in [0, 0.05) is 12.6 Å². The molecule has 3 rings (SSSR count). The third-order valence-electron chi connectivity index (χ3n) is 3.06. The van der Waals surface area contributed by atoms with Gasteiger partial charge in [-0.15, -0.1) is 0 Å². The lowest BCUT2D eigenvalue weighted by molar-refractivity contribution is 0.740. The van der Waals surface area contributed by atoms with E-state index in [0.717, 1.165) is 18.4 Å². The second kappa shape index (κ2) is 2.36. The predicted molar refractivity (Wildman–Crippen MR) is 55.8 cm³/mol. The van der Waals surface area contributed by atoms with Crippen LogP contribution in [0.15, 0.2) is 24.5 Å². The molecule has 0 atom stereocenters. The number of aromatic nitrogens is 2. The van der Waals surface area contributed by atoms with Crippen molar-refractivity contribution in [1.82, 2.24) is 9.55 Å². The first-order valence-electron chi connectivity index (χ1n) is 4.90. The maximum absolute atomic E-state index is 6.22. The van der Waals surface area contributed by atoms with Crippen LogP contribution in [0.2, 0.25) is 0 Å². The van der Waals surface area contributed by atoms with E-state index in [2.05, 4.69) is 15.6 Å². The Bertz CT molecular complexity index is 494.